The van der Waals surface area contributed by atoms with Crippen LogP contribution in [0.1, 0.15) is 20.8 Å². The largest absolute Gasteiger partial charge is 0.401 e. The lowest BCUT2D eigenvalue weighted by Crippen LogP contribution is -2.40. The third-order valence-electron chi connectivity index (χ3n) is 1.90. The third kappa shape index (κ3) is 1.51. The zero-order valence-corrected chi connectivity index (χ0v) is 7.02. The van der Waals surface area contributed by atoms with Crippen molar-refractivity contribution < 1.29 is 0 Å². The zero-order chi connectivity index (χ0) is 7.78. The van der Waals surface area contributed by atoms with Gasteiger partial charge >= 0.3 is 0 Å². The Labute approximate surface area is 62.7 Å². The van der Waals surface area contributed by atoms with Gasteiger partial charge < -0.3 is 5.73 Å². The van der Waals surface area contributed by atoms with Crippen LogP contribution in [0.4, 0.5) is 0 Å². The summed E-state index contributed by atoms with van der Waals surface area (Å²) in [5.74, 6) is 0. The van der Waals surface area contributed by atoms with Crippen LogP contribution in [-0.2, 0) is 0 Å². The molecule has 0 aliphatic carbocycles. The molecular weight excluding hydrogens is 124 g/mol. The summed E-state index contributed by atoms with van der Waals surface area (Å²) in [6, 6.07) is 0. The molecular formula is C8H16N2. The van der Waals surface area contributed by atoms with Crippen molar-refractivity contribution in [2.75, 3.05) is 13.1 Å². The normalized spacial score (nSPS) is 21.3. The van der Waals surface area contributed by atoms with Gasteiger partial charge in [0.25, 0.3) is 0 Å². The van der Waals surface area contributed by atoms with Crippen molar-refractivity contribution in [2.24, 2.45) is 5.73 Å². The molecule has 0 atom stereocenters. The number of rotatable bonds is 0. The molecule has 0 radical (unpaired) electrons. The molecule has 1 heterocycles. The number of nitrogens with two attached hydrogens (primary N) is 1. The van der Waals surface area contributed by atoms with E-state index in [-0.39, 0.29) is 5.54 Å². The molecule has 0 unspecified atom stereocenters. The first-order valence-corrected chi connectivity index (χ1v) is 3.70. The zero-order valence-electron chi connectivity index (χ0n) is 7.02. The van der Waals surface area contributed by atoms with Gasteiger partial charge in [-0.25, -0.2) is 0 Å². The fourth-order valence-corrected chi connectivity index (χ4v) is 1.09. The lowest BCUT2D eigenvalue weighted by atomic mass is 10.1. The van der Waals surface area contributed by atoms with E-state index in [9.17, 15) is 0 Å². The molecule has 0 fully saturated rings. The Morgan fingerprint density at radius 1 is 1.50 bits per heavy atom. The van der Waals surface area contributed by atoms with Crippen molar-refractivity contribution in [3.05, 3.63) is 11.8 Å². The second-order valence-corrected chi connectivity index (χ2v) is 3.83. The highest BCUT2D eigenvalue weighted by Gasteiger charge is 2.23. The highest BCUT2D eigenvalue weighted by molar-refractivity contribution is 5.09. The Balaban J connectivity index is 2.50. The average molecular weight is 140 g/mol. The van der Waals surface area contributed by atoms with Gasteiger partial charge in [-0.2, -0.15) is 0 Å². The quantitative estimate of drug-likeness (QED) is 0.542. The van der Waals surface area contributed by atoms with Crippen LogP contribution in [0.15, 0.2) is 11.8 Å². The van der Waals surface area contributed by atoms with Crippen LogP contribution in [0.2, 0.25) is 0 Å². The Morgan fingerprint density at radius 3 is 2.30 bits per heavy atom. The van der Waals surface area contributed by atoms with Crippen molar-refractivity contribution in [2.45, 2.75) is 26.3 Å². The molecule has 2 N–H and O–H groups in total. The summed E-state index contributed by atoms with van der Waals surface area (Å²) < 4.78 is 0. The standard InChI is InChI=1S/C8H16N2/c1-8(2,3)10-5-4-7(9)6-10/h4H,5-6,9H2,1-3H3. The van der Waals surface area contributed by atoms with Crippen LogP contribution in [0.5, 0.6) is 0 Å². The topological polar surface area (TPSA) is 29.3 Å². The molecule has 0 saturated heterocycles. The van der Waals surface area contributed by atoms with Gasteiger partial charge in [0.15, 0.2) is 0 Å². The molecule has 2 nitrogen and oxygen atoms in total. The second kappa shape index (κ2) is 2.27. The predicted molar refractivity (Wildman–Crippen MR) is 43.6 cm³/mol. The molecule has 0 bridgehead atoms. The van der Waals surface area contributed by atoms with Crippen molar-refractivity contribution in [1.82, 2.24) is 4.90 Å². The second-order valence-electron chi connectivity index (χ2n) is 3.83. The molecule has 0 aromatic carbocycles. The summed E-state index contributed by atoms with van der Waals surface area (Å²) in [5.41, 5.74) is 6.91. The van der Waals surface area contributed by atoms with E-state index in [0.717, 1.165) is 18.8 Å². The van der Waals surface area contributed by atoms with Crippen molar-refractivity contribution in [3.8, 4) is 0 Å². The minimum absolute atomic E-state index is 0.262. The van der Waals surface area contributed by atoms with Crippen LogP contribution < -0.4 is 5.73 Å². The molecule has 1 rings (SSSR count). The molecule has 0 amide bonds. The molecule has 58 valence electrons. The molecule has 0 spiro atoms. The average Bonchev–Trinajstić information content (AvgIpc) is 2.11. The summed E-state index contributed by atoms with van der Waals surface area (Å²) in [5, 5.41) is 0. The summed E-state index contributed by atoms with van der Waals surface area (Å²) in [6.45, 7) is 8.57. The minimum Gasteiger partial charge on any atom is -0.401 e. The van der Waals surface area contributed by atoms with Crippen LogP contribution in [0.3, 0.4) is 0 Å². The van der Waals surface area contributed by atoms with Gasteiger partial charge in [-0.1, -0.05) is 6.08 Å². The monoisotopic (exact) mass is 140 g/mol. The maximum absolute atomic E-state index is 5.64. The van der Waals surface area contributed by atoms with Crippen LogP contribution in [-0.4, -0.2) is 23.5 Å². The molecule has 2 heteroatoms. The van der Waals surface area contributed by atoms with Gasteiger partial charge in [0, 0.05) is 24.3 Å². The van der Waals surface area contributed by atoms with Gasteiger partial charge in [-0.05, 0) is 20.8 Å². The van der Waals surface area contributed by atoms with Crippen LogP contribution >= 0.6 is 0 Å². The van der Waals surface area contributed by atoms with E-state index in [1.165, 1.54) is 0 Å². The summed E-state index contributed by atoms with van der Waals surface area (Å²) in [4.78, 5) is 2.35. The molecule has 0 saturated carbocycles. The van der Waals surface area contributed by atoms with Crippen LogP contribution in [0, 0.1) is 0 Å². The molecule has 0 aromatic rings. The first-order chi connectivity index (χ1) is 4.50. The van der Waals surface area contributed by atoms with Crippen LogP contribution in [0.25, 0.3) is 0 Å². The Morgan fingerprint density at radius 2 is 2.10 bits per heavy atom. The van der Waals surface area contributed by atoms with Crippen molar-refractivity contribution >= 4 is 0 Å². The highest BCUT2D eigenvalue weighted by Crippen LogP contribution is 2.17. The Kier molecular flexibility index (Phi) is 1.73. The van der Waals surface area contributed by atoms with E-state index in [4.69, 9.17) is 5.73 Å². The third-order valence-corrected chi connectivity index (χ3v) is 1.90. The van der Waals surface area contributed by atoms with Gasteiger partial charge in [0.1, 0.15) is 0 Å². The lowest BCUT2D eigenvalue weighted by Gasteiger charge is -2.31. The number of hydrogen-bond acceptors (Lipinski definition) is 2. The summed E-state index contributed by atoms with van der Waals surface area (Å²) in [6.07, 6.45) is 2.09. The number of hydrogen-bond donors (Lipinski definition) is 1. The fourth-order valence-electron chi connectivity index (χ4n) is 1.09. The van der Waals surface area contributed by atoms with Gasteiger partial charge in [-0.3, -0.25) is 4.90 Å². The predicted octanol–water partition coefficient (Wildman–Crippen LogP) is 0.943. The summed E-state index contributed by atoms with van der Waals surface area (Å²) >= 11 is 0. The highest BCUT2D eigenvalue weighted by atomic mass is 15.2. The number of nitrogens with zero attached hydrogens (tertiary/aromatic N) is 1. The van der Waals surface area contributed by atoms with E-state index in [1.54, 1.807) is 0 Å². The SMILES string of the molecule is CC(C)(C)N1CC=C(N)C1. The fraction of sp³-hybridized carbons (Fsp3) is 0.750. The van der Waals surface area contributed by atoms with E-state index < -0.39 is 0 Å². The van der Waals surface area contributed by atoms with Crippen molar-refractivity contribution in [3.63, 3.8) is 0 Å². The van der Waals surface area contributed by atoms with E-state index in [2.05, 4.69) is 31.7 Å². The lowest BCUT2D eigenvalue weighted by molar-refractivity contribution is 0.181. The van der Waals surface area contributed by atoms with E-state index >= 15 is 0 Å². The molecule has 10 heavy (non-hydrogen) atoms. The smallest absolute Gasteiger partial charge is 0.0385 e. The van der Waals surface area contributed by atoms with E-state index in [0.29, 0.717) is 0 Å². The first-order valence-electron chi connectivity index (χ1n) is 3.70. The summed E-state index contributed by atoms with van der Waals surface area (Å²) in [7, 11) is 0. The van der Waals surface area contributed by atoms with Crippen molar-refractivity contribution in [1.29, 1.82) is 0 Å². The Hall–Kier alpha value is -0.500. The minimum atomic E-state index is 0.262. The Bertz CT molecular complexity index is 153. The van der Waals surface area contributed by atoms with Gasteiger partial charge in [-0.15, -0.1) is 0 Å². The maximum Gasteiger partial charge on any atom is 0.0385 e. The maximum atomic E-state index is 5.64. The molecule has 1 aliphatic heterocycles. The first kappa shape index (κ1) is 7.61. The van der Waals surface area contributed by atoms with Gasteiger partial charge in [0.05, 0.1) is 0 Å². The molecule has 1 aliphatic rings. The molecule has 0 aromatic heterocycles. The van der Waals surface area contributed by atoms with E-state index in [1.807, 2.05) is 0 Å². The van der Waals surface area contributed by atoms with Gasteiger partial charge in [0.2, 0.25) is 0 Å².